The van der Waals surface area contributed by atoms with Gasteiger partial charge in [0.15, 0.2) is 0 Å². The van der Waals surface area contributed by atoms with Crippen LogP contribution < -0.4 is 10.2 Å². The van der Waals surface area contributed by atoms with Crippen LogP contribution in [0.3, 0.4) is 0 Å². The minimum absolute atomic E-state index is 0.00301. The molecule has 0 aliphatic carbocycles. The summed E-state index contributed by atoms with van der Waals surface area (Å²) in [6.45, 7) is 6.32. The van der Waals surface area contributed by atoms with Crippen LogP contribution in [0.25, 0.3) is 0 Å². The molecule has 1 N–H and O–H groups in total. The molecule has 2 rings (SSSR count). The lowest BCUT2D eigenvalue weighted by Crippen LogP contribution is -2.57. The van der Waals surface area contributed by atoms with Crippen molar-refractivity contribution < 1.29 is 4.92 Å². The van der Waals surface area contributed by atoms with E-state index < -0.39 is 4.92 Å². The van der Waals surface area contributed by atoms with Gasteiger partial charge in [-0.3, -0.25) is 10.1 Å². The number of nitro groups is 1. The zero-order valence-electron chi connectivity index (χ0n) is 11.0. The summed E-state index contributed by atoms with van der Waals surface area (Å²) in [5.74, 6) is 0. The van der Waals surface area contributed by atoms with Gasteiger partial charge in [0, 0.05) is 31.2 Å². The molecule has 1 heterocycles. The van der Waals surface area contributed by atoms with E-state index in [9.17, 15) is 10.1 Å². The molecule has 100 valence electrons. The highest BCUT2D eigenvalue weighted by Crippen LogP contribution is 2.30. The Labute approximate surface area is 111 Å². The van der Waals surface area contributed by atoms with Crippen molar-refractivity contribution in [1.29, 1.82) is 5.26 Å². The third-order valence-electron chi connectivity index (χ3n) is 3.21. The molecule has 1 aliphatic heterocycles. The second kappa shape index (κ2) is 4.86. The molecule has 1 aliphatic rings. The van der Waals surface area contributed by atoms with Crippen LogP contribution in [-0.2, 0) is 0 Å². The first-order valence-corrected chi connectivity index (χ1v) is 6.11. The number of nitrogens with one attached hydrogen (secondary N) is 1. The van der Waals surface area contributed by atoms with Gasteiger partial charge >= 0.3 is 0 Å². The number of nitriles is 1. The van der Waals surface area contributed by atoms with Crippen molar-refractivity contribution in [3.8, 4) is 6.07 Å². The van der Waals surface area contributed by atoms with E-state index in [0.29, 0.717) is 17.8 Å². The van der Waals surface area contributed by atoms with Gasteiger partial charge in [-0.2, -0.15) is 5.26 Å². The SMILES string of the molecule is CC1(C)CN(c2ccc(C#N)cc2[N+](=O)[O-])CCN1. The van der Waals surface area contributed by atoms with Crippen LogP contribution in [0.2, 0.25) is 0 Å². The van der Waals surface area contributed by atoms with Crippen molar-refractivity contribution in [3.05, 3.63) is 33.9 Å². The van der Waals surface area contributed by atoms with E-state index in [0.717, 1.165) is 13.1 Å². The van der Waals surface area contributed by atoms with Gasteiger partial charge < -0.3 is 10.2 Å². The van der Waals surface area contributed by atoms with E-state index in [-0.39, 0.29) is 11.2 Å². The number of piperazine rings is 1. The van der Waals surface area contributed by atoms with E-state index in [1.54, 1.807) is 12.1 Å². The van der Waals surface area contributed by atoms with Crippen LogP contribution in [0.4, 0.5) is 11.4 Å². The molecule has 6 heteroatoms. The molecule has 0 spiro atoms. The van der Waals surface area contributed by atoms with Crippen LogP contribution in [0, 0.1) is 21.4 Å². The molecule has 19 heavy (non-hydrogen) atoms. The average Bonchev–Trinajstić information content (AvgIpc) is 2.36. The van der Waals surface area contributed by atoms with Crippen LogP contribution >= 0.6 is 0 Å². The van der Waals surface area contributed by atoms with Gasteiger partial charge in [-0.15, -0.1) is 0 Å². The molecule has 0 aromatic heterocycles. The summed E-state index contributed by atoms with van der Waals surface area (Å²) in [6, 6.07) is 6.56. The number of nitro benzene ring substituents is 1. The summed E-state index contributed by atoms with van der Waals surface area (Å²) in [5, 5.41) is 23.3. The summed E-state index contributed by atoms with van der Waals surface area (Å²) in [6.07, 6.45) is 0. The minimum Gasteiger partial charge on any atom is -0.363 e. The number of nitrogens with zero attached hydrogens (tertiary/aromatic N) is 3. The molecule has 0 atom stereocenters. The van der Waals surface area contributed by atoms with Crippen LogP contribution in [-0.4, -0.2) is 30.1 Å². The number of benzene rings is 1. The number of hydrogen-bond acceptors (Lipinski definition) is 5. The van der Waals surface area contributed by atoms with Crippen LogP contribution in [0.15, 0.2) is 18.2 Å². The van der Waals surface area contributed by atoms with E-state index in [4.69, 9.17) is 5.26 Å². The van der Waals surface area contributed by atoms with Gasteiger partial charge in [0.25, 0.3) is 5.69 Å². The summed E-state index contributed by atoms with van der Waals surface area (Å²) in [4.78, 5) is 12.7. The second-order valence-corrected chi connectivity index (χ2v) is 5.30. The Morgan fingerprint density at radius 1 is 1.53 bits per heavy atom. The summed E-state index contributed by atoms with van der Waals surface area (Å²) in [5.41, 5.74) is 0.806. The first-order valence-electron chi connectivity index (χ1n) is 6.11. The maximum atomic E-state index is 11.1. The Kier molecular flexibility index (Phi) is 3.40. The lowest BCUT2D eigenvalue weighted by Gasteiger charge is -2.40. The van der Waals surface area contributed by atoms with Crippen molar-refractivity contribution >= 4 is 11.4 Å². The lowest BCUT2D eigenvalue weighted by atomic mass is 10.0. The predicted molar refractivity (Wildman–Crippen MR) is 72.1 cm³/mol. The van der Waals surface area contributed by atoms with Crippen molar-refractivity contribution in [3.63, 3.8) is 0 Å². The maximum absolute atomic E-state index is 11.1. The molecule has 0 bridgehead atoms. The maximum Gasteiger partial charge on any atom is 0.293 e. The zero-order valence-corrected chi connectivity index (χ0v) is 11.0. The van der Waals surface area contributed by atoms with E-state index >= 15 is 0 Å². The molecule has 0 radical (unpaired) electrons. The van der Waals surface area contributed by atoms with Crippen molar-refractivity contribution in [2.75, 3.05) is 24.5 Å². The lowest BCUT2D eigenvalue weighted by molar-refractivity contribution is -0.384. The Bertz CT molecular complexity index is 548. The second-order valence-electron chi connectivity index (χ2n) is 5.30. The highest BCUT2D eigenvalue weighted by atomic mass is 16.6. The van der Waals surface area contributed by atoms with Gasteiger partial charge in [0.2, 0.25) is 0 Å². The summed E-state index contributed by atoms with van der Waals surface area (Å²) < 4.78 is 0. The fourth-order valence-electron chi connectivity index (χ4n) is 2.35. The van der Waals surface area contributed by atoms with Gasteiger partial charge in [-0.1, -0.05) is 0 Å². The highest BCUT2D eigenvalue weighted by Gasteiger charge is 2.29. The predicted octanol–water partition coefficient (Wildman–Crippen LogP) is 1.65. The number of anilines is 1. The standard InChI is InChI=1S/C13H16N4O2/c1-13(2)9-16(6-5-15-13)11-4-3-10(8-14)7-12(11)17(18)19/h3-4,7,15H,5-6,9H2,1-2H3. The molecule has 0 saturated carbocycles. The topological polar surface area (TPSA) is 82.2 Å². The molecule has 1 aromatic carbocycles. The van der Waals surface area contributed by atoms with Gasteiger partial charge in [-0.05, 0) is 26.0 Å². The van der Waals surface area contributed by atoms with E-state index in [1.807, 2.05) is 11.0 Å². The fraction of sp³-hybridized carbons (Fsp3) is 0.462. The molecule has 1 aromatic rings. The van der Waals surface area contributed by atoms with Gasteiger partial charge in [-0.25, -0.2) is 0 Å². The molecular formula is C13H16N4O2. The van der Waals surface area contributed by atoms with Crippen molar-refractivity contribution in [1.82, 2.24) is 5.32 Å². The number of rotatable bonds is 2. The first kappa shape index (κ1) is 13.3. The Balaban J connectivity index is 2.39. The molecule has 1 saturated heterocycles. The minimum atomic E-state index is -0.425. The van der Waals surface area contributed by atoms with Crippen LogP contribution in [0.5, 0.6) is 0 Å². The third-order valence-corrected chi connectivity index (χ3v) is 3.21. The largest absolute Gasteiger partial charge is 0.363 e. The average molecular weight is 260 g/mol. The molecular weight excluding hydrogens is 244 g/mol. The smallest absolute Gasteiger partial charge is 0.293 e. The van der Waals surface area contributed by atoms with Gasteiger partial charge in [0.1, 0.15) is 5.69 Å². The van der Waals surface area contributed by atoms with E-state index in [1.165, 1.54) is 6.07 Å². The zero-order chi connectivity index (χ0) is 14.0. The Hall–Kier alpha value is -2.13. The third kappa shape index (κ3) is 2.83. The van der Waals surface area contributed by atoms with Gasteiger partial charge in [0.05, 0.1) is 16.6 Å². The Morgan fingerprint density at radius 3 is 2.84 bits per heavy atom. The fourth-order valence-corrected chi connectivity index (χ4v) is 2.35. The molecule has 0 unspecified atom stereocenters. The molecule has 6 nitrogen and oxygen atoms in total. The highest BCUT2D eigenvalue weighted by molar-refractivity contribution is 5.66. The Morgan fingerprint density at radius 2 is 2.26 bits per heavy atom. The van der Waals surface area contributed by atoms with E-state index in [2.05, 4.69) is 19.2 Å². The number of hydrogen-bond donors (Lipinski definition) is 1. The normalized spacial score (nSPS) is 17.8. The first-order chi connectivity index (χ1) is 8.93. The van der Waals surface area contributed by atoms with Crippen molar-refractivity contribution in [2.45, 2.75) is 19.4 Å². The molecule has 1 fully saturated rings. The monoisotopic (exact) mass is 260 g/mol. The molecule has 0 amide bonds. The van der Waals surface area contributed by atoms with Crippen LogP contribution in [0.1, 0.15) is 19.4 Å². The van der Waals surface area contributed by atoms with Crippen molar-refractivity contribution in [2.24, 2.45) is 0 Å². The summed E-state index contributed by atoms with van der Waals surface area (Å²) in [7, 11) is 0. The summed E-state index contributed by atoms with van der Waals surface area (Å²) >= 11 is 0. The quantitative estimate of drug-likeness (QED) is 0.646.